The summed E-state index contributed by atoms with van der Waals surface area (Å²) < 4.78 is 1.92. The monoisotopic (exact) mass is 268 g/mol. The maximum Gasteiger partial charge on any atom is 0.162 e. The molecule has 0 saturated carbocycles. The number of carbonyl (C=O) groups excluding carboxylic acids is 1. The minimum absolute atomic E-state index is 0.125. The van der Waals surface area contributed by atoms with Crippen LogP contribution in [0.15, 0.2) is 30.5 Å². The van der Waals surface area contributed by atoms with E-state index in [1.165, 1.54) is 0 Å². The number of anilines is 1. The Labute approximate surface area is 116 Å². The Kier molecular flexibility index (Phi) is 2.82. The number of H-pyrrole nitrogens is 1. The van der Waals surface area contributed by atoms with Gasteiger partial charge in [-0.1, -0.05) is 6.92 Å². The van der Waals surface area contributed by atoms with Crippen LogP contribution in [0.3, 0.4) is 0 Å². The molecule has 0 spiro atoms. The van der Waals surface area contributed by atoms with Crippen LogP contribution in [0.25, 0.3) is 22.6 Å². The molecule has 3 aromatic rings. The minimum Gasteiger partial charge on any atom is -0.397 e. The summed E-state index contributed by atoms with van der Waals surface area (Å²) in [6.07, 6.45) is 2.34. The first-order valence-corrected chi connectivity index (χ1v) is 6.53. The molecule has 0 unspecified atom stereocenters. The molecule has 0 bridgehead atoms. The Morgan fingerprint density at radius 3 is 2.85 bits per heavy atom. The van der Waals surface area contributed by atoms with Gasteiger partial charge in [0.2, 0.25) is 0 Å². The van der Waals surface area contributed by atoms with Crippen molar-refractivity contribution in [3.8, 4) is 11.5 Å². The van der Waals surface area contributed by atoms with Gasteiger partial charge >= 0.3 is 0 Å². The molecule has 2 heterocycles. The van der Waals surface area contributed by atoms with Crippen molar-refractivity contribution in [1.82, 2.24) is 14.5 Å². The molecule has 102 valence electrons. The molecule has 1 aromatic carbocycles. The van der Waals surface area contributed by atoms with Gasteiger partial charge in [0.1, 0.15) is 0 Å². The number of nitrogens with two attached hydrogens (primary N) is 1. The van der Waals surface area contributed by atoms with E-state index in [1.807, 2.05) is 49.0 Å². The summed E-state index contributed by atoms with van der Waals surface area (Å²) in [4.78, 5) is 19.5. The van der Waals surface area contributed by atoms with Gasteiger partial charge in [-0.15, -0.1) is 0 Å². The van der Waals surface area contributed by atoms with Crippen LogP contribution < -0.4 is 5.73 Å². The van der Waals surface area contributed by atoms with Gasteiger partial charge < -0.3 is 15.3 Å². The third-order valence-electron chi connectivity index (χ3n) is 3.39. The molecule has 0 fully saturated rings. The number of rotatable bonds is 3. The molecule has 5 heteroatoms. The highest BCUT2D eigenvalue weighted by molar-refractivity contribution is 5.99. The van der Waals surface area contributed by atoms with Crippen LogP contribution in [0.1, 0.15) is 23.7 Å². The summed E-state index contributed by atoms with van der Waals surface area (Å²) in [6, 6.07) is 7.42. The van der Waals surface area contributed by atoms with Crippen LogP contribution in [0.5, 0.6) is 0 Å². The average Bonchev–Trinajstić information content (AvgIpc) is 2.99. The molecule has 3 rings (SSSR count). The zero-order valence-electron chi connectivity index (χ0n) is 11.5. The van der Waals surface area contributed by atoms with Crippen LogP contribution >= 0.6 is 0 Å². The van der Waals surface area contributed by atoms with Crippen molar-refractivity contribution in [3.05, 3.63) is 36.0 Å². The molecule has 0 atom stereocenters. The highest BCUT2D eigenvalue weighted by Gasteiger charge is 2.11. The van der Waals surface area contributed by atoms with E-state index in [0.717, 1.165) is 22.6 Å². The number of aryl methyl sites for hydroxylation is 1. The first-order chi connectivity index (χ1) is 9.58. The second kappa shape index (κ2) is 4.52. The van der Waals surface area contributed by atoms with Crippen LogP contribution in [-0.4, -0.2) is 20.3 Å². The number of hydrogen-bond acceptors (Lipinski definition) is 3. The van der Waals surface area contributed by atoms with E-state index in [9.17, 15) is 4.79 Å². The summed E-state index contributed by atoms with van der Waals surface area (Å²) in [5.41, 5.74) is 9.80. The summed E-state index contributed by atoms with van der Waals surface area (Å²) in [6.45, 7) is 1.86. The van der Waals surface area contributed by atoms with Crippen molar-refractivity contribution in [1.29, 1.82) is 0 Å². The van der Waals surface area contributed by atoms with Gasteiger partial charge in [-0.25, -0.2) is 4.98 Å². The lowest BCUT2D eigenvalue weighted by molar-refractivity contribution is 0.0988. The zero-order valence-corrected chi connectivity index (χ0v) is 11.5. The number of benzene rings is 1. The van der Waals surface area contributed by atoms with Crippen LogP contribution in [-0.2, 0) is 7.05 Å². The number of aromatic nitrogens is 3. The summed E-state index contributed by atoms with van der Waals surface area (Å²) in [5.74, 6) is 0.875. The predicted octanol–water partition coefficient (Wildman–Crippen LogP) is 2.74. The fourth-order valence-corrected chi connectivity index (χ4v) is 2.33. The Morgan fingerprint density at radius 2 is 2.20 bits per heavy atom. The van der Waals surface area contributed by atoms with Crippen molar-refractivity contribution in [2.75, 3.05) is 5.73 Å². The number of hydrogen-bond donors (Lipinski definition) is 2. The summed E-state index contributed by atoms with van der Waals surface area (Å²) >= 11 is 0. The molecule has 5 nitrogen and oxygen atoms in total. The average molecular weight is 268 g/mol. The largest absolute Gasteiger partial charge is 0.397 e. The van der Waals surface area contributed by atoms with Crippen molar-refractivity contribution in [3.63, 3.8) is 0 Å². The van der Waals surface area contributed by atoms with Crippen LogP contribution in [0.2, 0.25) is 0 Å². The maximum atomic E-state index is 11.7. The van der Waals surface area contributed by atoms with E-state index in [0.29, 0.717) is 17.7 Å². The second-order valence-corrected chi connectivity index (χ2v) is 4.86. The lowest BCUT2D eigenvalue weighted by Gasteiger charge is -1.96. The summed E-state index contributed by atoms with van der Waals surface area (Å²) in [7, 11) is 1.92. The number of ketones is 1. The first-order valence-electron chi connectivity index (χ1n) is 6.53. The van der Waals surface area contributed by atoms with Crippen LogP contribution in [0, 0.1) is 0 Å². The molecule has 0 aliphatic rings. The molecule has 20 heavy (non-hydrogen) atoms. The molecular formula is C15H16N4O. The third-order valence-corrected chi connectivity index (χ3v) is 3.39. The Bertz CT molecular complexity index is 797. The number of Topliss-reactive ketones (excluding diaryl/α,β-unsaturated/α-hetero) is 1. The van der Waals surface area contributed by atoms with E-state index in [-0.39, 0.29) is 5.78 Å². The van der Waals surface area contributed by atoms with Gasteiger partial charge in [0, 0.05) is 25.2 Å². The van der Waals surface area contributed by atoms with Crippen molar-refractivity contribution in [2.45, 2.75) is 13.3 Å². The van der Waals surface area contributed by atoms with E-state index >= 15 is 0 Å². The molecule has 0 amide bonds. The quantitative estimate of drug-likeness (QED) is 0.717. The van der Waals surface area contributed by atoms with Crippen LogP contribution in [0.4, 0.5) is 5.69 Å². The Morgan fingerprint density at radius 1 is 1.40 bits per heavy atom. The lowest BCUT2D eigenvalue weighted by atomic mass is 10.1. The molecule has 0 aliphatic heterocycles. The zero-order chi connectivity index (χ0) is 14.3. The maximum absolute atomic E-state index is 11.7. The SMILES string of the molecule is CCC(=O)c1ccc2[nH]c(-c3cc(N)cn3C)nc2c1. The number of carbonyl (C=O) groups is 1. The Balaban J connectivity index is 2.11. The molecular weight excluding hydrogens is 252 g/mol. The molecule has 0 radical (unpaired) electrons. The molecule has 2 aromatic heterocycles. The molecule has 3 N–H and O–H groups in total. The number of imidazole rings is 1. The van der Waals surface area contributed by atoms with Crippen molar-refractivity contribution < 1.29 is 4.79 Å². The number of aromatic amines is 1. The number of nitrogen functional groups attached to an aromatic ring is 1. The Hall–Kier alpha value is -2.56. The highest BCUT2D eigenvalue weighted by atomic mass is 16.1. The second-order valence-electron chi connectivity index (χ2n) is 4.86. The van der Waals surface area contributed by atoms with Gasteiger partial charge in [-0.05, 0) is 24.3 Å². The number of nitrogens with one attached hydrogen (secondary N) is 1. The minimum atomic E-state index is 0.125. The van der Waals surface area contributed by atoms with Crippen molar-refractivity contribution >= 4 is 22.5 Å². The first kappa shape index (κ1) is 12.5. The van der Waals surface area contributed by atoms with E-state index in [1.54, 1.807) is 0 Å². The smallest absolute Gasteiger partial charge is 0.162 e. The third kappa shape index (κ3) is 1.97. The number of fused-ring (bicyclic) bond motifs is 1. The van der Waals surface area contributed by atoms with Crippen molar-refractivity contribution in [2.24, 2.45) is 7.05 Å². The van der Waals surface area contributed by atoms with Gasteiger partial charge in [-0.2, -0.15) is 0 Å². The van der Waals surface area contributed by atoms with E-state index in [2.05, 4.69) is 9.97 Å². The molecule has 0 saturated heterocycles. The fraction of sp³-hybridized carbons (Fsp3) is 0.200. The molecule has 0 aliphatic carbocycles. The number of nitrogens with zero attached hydrogens (tertiary/aromatic N) is 2. The van der Waals surface area contributed by atoms with Gasteiger partial charge in [-0.3, -0.25) is 4.79 Å². The van der Waals surface area contributed by atoms with Gasteiger partial charge in [0.05, 0.1) is 22.4 Å². The lowest BCUT2D eigenvalue weighted by Crippen LogP contribution is -1.95. The normalized spacial score (nSPS) is 11.1. The predicted molar refractivity (Wildman–Crippen MR) is 79.5 cm³/mol. The topological polar surface area (TPSA) is 76.7 Å². The van der Waals surface area contributed by atoms with E-state index in [4.69, 9.17) is 5.73 Å². The van der Waals surface area contributed by atoms with Gasteiger partial charge in [0.15, 0.2) is 11.6 Å². The summed E-state index contributed by atoms with van der Waals surface area (Å²) in [5, 5.41) is 0. The van der Waals surface area contributed by atoms with E-state index < -0.39 is 0 Å². The highest BCUT2D eigenvalue weighted by Crippen LogP contribution is 2.24. The standard InChI is InChI=1S/C15H16N4O/c1-3-14(20)9-4-5-11-12(6-9)18-15(17-11)13-7-10(16)8-19(13)2/h4-8H,3,16H2,1-2H3,(H,17,18). The fourth-order valence-electron chi connectivity index (χ4n) is 2.33. The van der Waals surface area contributed by atoms with Gasteiger partial charge in [0.25, 0.3) is 0 Å².